The second-order valence-corrected chi connectivity index (χ2v) is 5.37. The highest BCUT2D eigenvalue weighted by Gasteiger charge is 2.25. The molecule has 0 radical (unpaired) electrons. The number of likely N-dealkylation sites (tertiary alicyclic amines) is 1. The maximum atomic E-state index is 12.1. The number of halogens is 1. The molecule has 0 atom stereocenters. The van der Waals surface area contributed by atoms with Gasteiger partial charge in [0.1, 0.15) is 0 Å². The zero-order valence-corrected chi connectivity index (χ0v) is 12.0. The van der Waals surface area contributed by atoms with Crippen molar-refractivity contribution in [2.45, 2.75) is 38.1 Å². The summed E-state index contributed by atoms with van der Waals surface area (Å²) in [6.45, 7) is 2.57. The molecule has 1 heterocycles. The molecule has 106 valence electrons. The van der Waals surface area contributed by atoms with Crippen LogP contribution in [0.4, 0.5) is 0 Å². The van der Waals surface area contributed by atoms with Gasteiger partial charge in [0.2, 0.25) is 5.91 Å². The third kappa shape index (κ3) is 5.12. The van der Waals surface area contributed by atoms with Crippen LogP contribution in [0.2, 0.25) is 0 Å². The molecule has 0 aromatic rings. The molecule has 0 spiro atoms. The fourth-order valence-electron chi connectivity index (χ4n) is 2.44. The number of aliphatic hydroxyl groups excluding tert-OH is 1. The summed E-state index contributed by atoms with van der Waals surface area (Å²) in [7, 11) is 2.11. The molecule has 1 aliphatic rings. The van der Waals surface area contributed by atoms with Crippen molar-refractivity contribution >= 4 is 17.5 Å². The van der Waals surface area contributed by atoms with Gasteiger partial charge >= 0.3 is 0 Å². The first-order valence-electron chi connectivity index (χ1n) is 6.84. The number of alkyl halides is 1. The molecule has 0 aliphatic carbocycles. The van der Waals surface area contributed by atoms with Crippen molar-refractivity contribution in [2.24, 2.45) is 0 Å². The van der Waals surface area contributed by atoms with E-state index in [1.807, 2.05) is 4.90 Å². The first-order valence-corrected chi connectivity index (χ1v) is 7.37. The largest absolute Gasteiger partial charge is 0.395 e. The van der Waals surface area contributed by atoms with Crippen molar-refractivity contribution in [3.05, 3.63) is 0 Å². The SMILES string of the molecule is CN1CCC(N(CCO)C(=O)CCCCCl)CC1. The summed E-state index contributed by atoms with van der Waals surface area (Å²) in [5.41, 5.74) is 0. The standard InChI is InChI=1S/C13H25ClN2O2/c1-15-8-5-12(6-9-15)16(10-11-17)13(18)4-2-3-7-14/h12,17H,2-11H2,1H3. The molecule has 1 fully saturated rings. The second-order valence-electron chi connectivity index (χ2n) is 4.99. The Balaban J connectivity index is 2.44. The van der Waals surface area contributed by atoms with Gasteiger partial charge in [0.05, 0.1) is 6.61 Å². The van der Waals surface area contributed by atoms with Crippen LogP contribution in [-0.4, -0.2) is 66.0 Å². The van der Waals surface area contributed by atoms with Gasteiger partial charge in [-0.25, -0.2) is 0 Å². The van der Waals surface area contributed by atoms with E-state index in [1.165, 1.54) is 0 Å². The van der Waals surface area contributed by atoms with Gasteiger partial charge in [-0.2, -0.15) is 0 Å². The monoisotopic (exact) mass is 276 g/mol. The Morgan fingerprint density at radius 1 is 1.39 bits per heavy atom. The van der Waals surface area contributed by atoms with Crippen molar-refractivity contribution in [1.29, 1.82) is 0 Å². The molecule has 4 nitrogen and oxygen atoms in total. The van der Waals surface area contributed by atoms with Crippen molar-refractivity contribution in [3.63, 3.8) is 0 Å². The van der Waals surface area contributed by atoms with Crippen LogP contribution in [-0.2, 0) is 4.79 Å². The number of rotatable bonds is 7. The van der Waals surface area contributed by atoms with Gasteiger partial charge in [-0.3, -0.25) is 4.79 Å². The molecule has 1 saturated heterocycles. The normalized spacial score (nSPS) is 17.9. The van der Waals surface area contributed by atoms with E-state index in [2.05, 4.69) is 11.9 Å². The maximum Gasteiger partial charge on any atom is 0.222 e. The molecule has 1 rings (SSSR count). The van der Waals surface area contributed by atoms with Crippen LogP contribution < -0.4 is 0 Å². The Kier molecular flexibility index (Phi) is 7.63. The van der Waals surface area contributed by atoms with E-state index in [9.17, 15) is 4.79 Å². The summed E-state index contributed by atoms with van der Waals surface area (Å²) in [6, 6.07) is 0.303. The minimum absolute atomic E-state index is 0.0492. The van der Waals surface area contributed by atoms with Crippen molar-refractivity contribution in [3.8, 4) is 0 Å². The van der Waals surface area contributed by atoms with Crippen LogP contribution in [0.5, 0.6) is 0 Å². The van der Waals surface area contributed by atoms with Crippen LogP contribution >= 0.6 is 11.6 Å². The molecule has 0 unspecified atom stereocenters. The maximum absolute atomic E-state index is 12.1. The van der Waals surface area contributed by atoms with E-state index in [1.54, 1.807) is 0 Å². The number of piperidine rings is 1. The fourth-order valence-corrected chi connectivity index (χ4v) is 2.63. The number of carbonyl (C=O) groups excluding carboxylic acids is 1. The Labute approximate surface area is 115 Å². The zero-order valence-electron chi connectivity index (χ0n) is 11.3. The molecule has 0 saturated carbocycles. The van der Waals surface area contributed by atoms with Gasteiger partial charge in [0.25, 0.3) is 0 Å². The lowest BCUT2D eigenvalue weighted by atomic mass is 10.0. The lowest BCUT2D eigenvalue weighted by Gasteiger charge is -2.37. The summed E-state index contributed by atoms with van der Waals surface area (Å²) in [5, 5.41) is 9.11. The number of hydrogen-bond donors (Lipinski definition) is 1. The van der Waals surface area contributed by atoms with Crippen LogP contribution in [0, 0.1) is 0 Å². The van der Waals surface area contributed by atoms with Crippen molar-refractivity contribution < 1.29 is 9.90 Å². The third-order valence-corrected chi connectivity index (χ3v) is 3.83. The molecular formula is C13H25ClN2O2. The molecule has 1 amide bonds. The lowest BCUT2D eigenvalue weighted by molar-refractivity contribution is -0.135. The first-order chi connectivity index (χ1) is 8.69. The van der Waals surface area contributed by atoms with E-state index in [0.29, 0.717) is 24.9 Å². The van der Waals surface area contributed by atoms with Gasteiger partial charge in [0.15, 0.2) is 0 Å². The van der Waals surface area contributed by atoms with E-state index in [-0.39, 0.29) is 12.5 Å². The topological polar surface area (TPSA) is 43.8 Å². The predicted molar refractivity (Wildman–Crippen MR) is 73.9 cm³/mol. The molecule has 1 N–H and O–H groups in total. The molecule has 0 bridgehead atoms. The van der Waals surface area contributed by atoms with E-state index >= 15 is 0 Å². The van der Waals surface area contributed by atoms with Gasteiger partial charge in [0, 0.05) is 24.9 Å². The highest BCUT2D eigenvalue weighted by atomic mass is 35.5. The van der Waals surface area contributed by atoms with Gasteiger partial charge in [-0.15, -0.1) is 11.6 Å². The average molecular weight is 277 g/mol. The summed E-state index contributed by atoms with van der Waals surface area (Å²) >= 11 is 5.62. The van der Waals surface area contributed by atoms with E-state index in [0.717, 1.165) is 38.8 Å². The summed E-state index contributed by atoms with van der Waals surface area (Å²) in [4.78, 5) is 16.3. The highest BCUT2D eigenvalue weighted by molar-refractivity contribution is 6.17. The van der Waals surface area contributed by atoms with Crippen LogP contribution in [0.15, 0.2) is 0 Å². The van der Waals surface area contributed by atoms with Crippen LogP contribution in [0.1, 0.15) is 32.1 Å². The van der Waals surface area contributed by atoms with Crippen LogP contribution in [0.3, 0.4) is 0 Å². The zero-order chi connectivity index (χ0) is 13.4. The minimum Gasteiger partial charge on any atom is -0.395 e. The number of aliphatic hydroxyl groups is 1. The van der Waals surface area contributed by atoms with Gasteiger partial charge in [-0.05, 0) is 45.8 Å². The number of amides is 1. The predicted octanol–water partition coefficient (Wildman–Crippen LogP) is 1.31. The number of hydrogen-bond acceptors (Lipinski definition) is 3. The van der Waals surface area contributed by atoms with Crippen molar-refractivity contribution in [2.75, 3.05) is 39.2 Å². The quantitative estimate of drug-likeness (QED) is 0.563. The molecule has 0 aromatic heterocycles. The highest BCUT2D eigenvalue weighted by Crippen LogP contribution is 2.17. The average Bonchev–Trinajstić information content (AvgIpc) is 2.37. The molecule has 5 heteroatoms. The molecular weight excluding hydrogens is 252 g/mol. The lowest BCUT2D eigenvalue weighted by Crippen LogP contribution is -2.47. The smallest absolute Gasteiger partial charge is 0.222 e. The van der Waals surface area contributed by atoms with Gasteiger partial charge in [-0.1, -0.05) is 0 Å². The number of unbranched alkanes of at least 4 members (excludes halogenated alkanes) is 1. The van der Waals surface area contributed by atoms with E-state index in [4.69, 9.17) is 16.7 Å². The van der Waals surface area contributed by atoms with Gasteiger partial charge < -0.3 is 14.9 Å². The third-order valence-electron chi connectivity index (χ3n) is 3.56. The number of nitrogens with zero attached hydrogens (tertiary/aromatic N) is 2. The summed E-state index contributed by atoms with van der Waals surface area (Å²) in [6.07, 6.45) is 4.30. The second kappa shape index (κ2) is 8.73. The summed E-state index contributed by atoms with van der Waals surface area (Å²) in [5.74, 6) is 0.783. The minimum atomic E-state index is 0.0492. The molecule has 1 aliphatic heterocycles. The Morgan fingerprint density at radius 3 is 2.61 bits per heavy atom. The van der Waals surface area contributed by atoms with Crippen LogP contribution in [0.25, 0.3) is 0 Å². The first kappa shape index (κ1) is 15.7. The Hall–Kier alpha value is -0.320. The Bertz CT molecular complexity index is 243. The summed E-state index contributed by atoms with van der Waals surface area (Å²) < 4.78 is 0. The fraction of sp³-hybridized carbons (Fsp3) is 0.923. The number of carbonyl (C=O) groups is 1. The van der Waals surface area contributed by atoms with E-state index < -0.39 is 0 Å². The Morgan fingerprint density at radius 2 is 2.06 bits per heavy atom. The molecule has 0 aromatic carbocycles. The molecule has 18 heavy (non-hydrogen) atoms. The van der Waals surface area contributed by atoms with Crippen molar-refractivity contribution in [1.82, 2.24) is 9.80 Å².